The number of carbonyl (C=O) groups is 1. The molecule has 1 aromatic rings. The van der Waals surface area contributed by atoms with Crippen LogP contribution >= 0.6 is 11.8 Å². The Morgan fingerprint density at radius 3 is 2.28 bits per heavy atom. The Morgan fingerprint density at radius 1 is 1.28 bits per heavy atom. The van der Waals surface area contributed by atoms with Crippen molar-refractivity contribution >= 4 is 17.7 Å². The summed E-state index contributed by atoms with van der Waals surface area (Å²) in [6.45, 7) is 5.99. The van der Waals surface area contributed by atoms with Crippen LogP contribution in [0.3, 0.4) is 0 Å². The summed E-state index contributed by atoms with van der Waals surface area (Å²) in [6, 6.07) is 8.38. The van der Waals surface area contributed by atoms with Crippen molar-refractivity contribution in [3.63, 3.8) is 0 Å². The van der Waals surface area contributed by atoms with Crippen LogP contribution in [0.25, 0.3) is 0 Å². The van der Waals surface area contributed by atoms with E-state index in [0.717, 1.165) is 10.5 Å². The molecule has 1 unspecified atom stereocenters. The van der Waals surface area contributed by atoms with Gasteiger partial charge in [0, 0.05) is 24.0 Å². The highest BCUT2D eigenvalue weighted by molar-refractivity contribution is 8.00. The van der Waals surface area contributed by atoms with Gasteiger partial charge in [-0.05, 0) is 38.5 Å². The number of rotatable bonds is 5. The van der Waals surface area contributed by atoms with Gasteiger partial charge in [0.25, 0.3) is 0 Å². The lowest BCUT2D eigenvalue weighted by molar-refractivity contribution is -0.128. The van der Waals surface area contributed by atoms with Crippen LogP contribution in [0.4, 0.5) is 0 Å². The van der Waals surface area contributed by atoms with E-state index in [1.54, 1.807) is 16.7 Å². The van der Waals surface area contributed by atoms with Gasteiger partial charge in [0.2, 0.25) is 5.91 Å². The van der Waals surface area contributed by atoms with E-state index in [2.05, 4.69) is 0 Å². The Balaban J connectivity index is 2.51. The summed E-state index contributed by atoms with van der Waals surface area (Å²) in [5.74, 6) is 0.637. The molecule has 0 fully saturated rings. The van der Waals surface area contributed by atoms with Gasteiger partial charge in [-0.15, -0.1) is 11.8 Å². The molecule has 0 saturated carbocycles. The number of nitrogens with two attached hydrogens (primary N) is 1. The van der Waals surface area contributed by atoms with Crippen molar-refractivity contribution in [3.8, 4) is 0 Å². The summed E-state index contributed by atoms with van der Waals surface area (Å²) < 4.78 is 0. The van der Waals surface area contributed by atoms with Gasteiger partial charge in [-0.2, -0.15) is 0 Å². The average Bonchev–Trinajstić information content (AvgIpc) is 2.35. The van der Waals surface area contributed by atoms with E-state index in [1.165, 1.54) is 0 Å². The zero-order chi connectivity index (χ0) is 13.7. The highest BCUT2D eigenvalue weighted by Crippen LogP contribution is 2.20. The molecule has 4 heteroatoms. The van der Waals surface area contributed by atoms with Crippen LogP contribution in [0, 0.1) is 0 Å². The van der Waals surface area contributed by atoms with Crippen LogP contribution in [0.5, 0.6) is 0 Å². The van der Waals surface area contributed by atoms with Crippen LogP contribution in [0.15, 0.2) is 29.2 Å². The molecule has 100 valence electrons. The van der Waals surface area contributed by atoms with Gasteiger partial charge in [0.1, 0.15) is 0 Å². The maximum absolute atomic E-state index is 11.8. The third kappa shape index (κ3) is 4.35. The van der Waals surface area contributed by atoms with E-state index >= 15 is 0 Å². The summed E-state index contributed by atoms with van der Waals surface area (Å²) in [7, 11) is 1.84. The summed E-state index contributed by atoms with van der Waals surface area (Å²) in [5.41, 5.74) is 6.91. The SMILES string of the molecule is CC(N)c1ccc(SCC(=O)N(C)C(C)C)cc1. The average molecular weight is 266 g/mol. The van der Waals surface area contributed by atoms with Crippen molar-refractivity contribution in [2.75, 3.05) is 12.8 Å². The quantitative estimate of drug-likeness (QED) is 0.833. The van der Waals surface area contributed by atoms with Crippen molar-refractivity contribution in [1.29, 1.82) is 0 Å². The molecule has 0 aliphatic rings. The first-order chi connectivity index (χ1) is 8.41. The second-order valence-corrected chi connectivity index (χ2v) is 5.79. The summed E-state index contributed by atoms with van der Waals surface area (Å²) in [4.78, 5) is 14.7. The molecule has 0 aromatic heterocycles. The Labute approximate surface area is 114 Å². The van der Waals surface area contributed by atoms with Crippen LogP contribution in [0.1, 0.15) is 32.4 Å². The van der Waals surface area contributed by atoms with E-state index in [0.29, 0.717) is 5.75 Å². The van der Waals surface area contributed by atoms with Crippen molar-refractivity contribution in [2.24, 2.45) is 5.73 Å². The van der Waals surface area contributed by atoms with Gasteiger partial charge in [-0.25, -0.2) is 0 Å². The fourth-order valence-electron chi connectivity index (χ4n) is 1.40. The predicted molar refractivity (Wildman–Crippen MR) is 77.7 cm³/mol. The first-order valence-electron chi connectivity index (χ1n) is 6.15. The number of benzene rings is 1. The Kier molecular flexibility index (Phi) is 5.69. The third-order valence-electron chi connectivity index (χ3n) is 2.94. The molecule has 1 aromatic carbocycles. The minimum Gasteiger partial charge on any atom is -0.343 e. The second-order valence-electron chi connectivity index (χ2n) is 4.74. The minimum atomic E-state index is 0.0535. The van der Waals surface area contributed by atoms with Gasteiger partial charge < -0.3 is 10.6 Å². The van der Waals surface area contributed by atoms with Gasteiger partial charge in [0.15, 0.2) is 0 Å². The first-order valence-corrected chi connectivity index (χ1v) is 7.14. The number of thioether (sulfide) groups is 1. The lowest BCUT2D eigenvalue weighted by Crippen LogP contribution is -2.34. The lowest BCUT2D eigenvalue weighted by atomic mass is 10.1. The molecule has 0 aliphatic heterocycles. The number of hydrogen-bond donors (Lipinski definition) is 1. The molecular weight excluding hydrogens is 244 g/mol. The molecule has 0 spiro atoms. The van der Waals surface area contributed by atoms with Crippen molar-refractivity contribution < 1.29 is 4.79 Å². The highest BCUT2D eigenvalue weighted by Gasteiger charge is 2.11. The van der Waals surface area contributed by atoms with Gasteiger partial charge in [0.05, 0.1) is 5.75 Å². The normalized spacial score (nSPS) is 12.6. The number of nitrogens with zero attached hydrogens (tertiary/aromatic N) is 1. The molecule has 1 amide bonds. The summed E-state index contributed by atoms with van der Waals surface area (Å²) >= 11 is 1.56. The number of carbonyl (C=O) groups excluding carboxylic acids is 1. The molecular formula is C14H22N2OS. The molecule has 3 nitrogen and oxygen atoms in total. The number of hydrogen-bond acceptors (Lipinski definition) is 3. The van der Waals surface area contributed by atoms with Gasteiger partial charge >= 0.3 is 0 Å². The highest BCUT2D eigenvalue weighted by atomic mass is 32.2. The monoisotopic (exact) mass is 266 g/mol. The Morgan fingerprint density at radius 2 is 1.83 bits per heavy atom. The molecule has 18 heavy (non-hydrogen) atoms. The summed E-state index contributed by atoms with van der Waals surface area (Å²) in [6.07, 6.45) is 0. The summed E-state index contributed by atoms with van der Waals surface area (Å²) in [5, 5.41) is 0. The van der Waals surface area contributed by atoms with E-state index in [1.807, 2.05) is 52.1 Å². The maximum Gasteiger partial charge on any atom is 0.232 e. The predicted octanol–water partition coefficient (Wildman–Crippen LogP) is 2.67. The molecule has 0 bridgehead atoms. The number of amides is 1. The van der Waals surface area contributed by atoms with E-state index in [-0.39, 0.29) is 18.0 Å². The molecule has 1 atom stereocenters. The van der Waals surface area contributed by atoms with Gasteiger partial charge in [-0.3, -0.25) is 4.79 Å². The van der Waals surface area contributed by atoms with Crippen molar-refractivity contribution in [1.82, 2.24) is 4.90 Å². The fourth-order valence-corrected chi connectivity index (χ4v) is 2.22. The zero-order valence-corrected chi connectivity index (χ0v) is 12.3. The van der Waals surface area contributed by atoms with Crippen LogP contribution in [-0.2, 0) is 4.79 Å². The van der Waals surface area contributed by atoms with E-state index in [9.17, 15) is 4.79 Å². The molecule has 0 saturated heterocycles. The minimum absolute atomic E-state index is 0.0535. The lowest BCUT2D eigenvalue weighted by Gasteiger charge is -2.21. The van der Waals surface area contributed by atoms with Gasteiger partial charge in [-0.1, -0.05) is 12.1 Å². The molecule has 0 heterocycles. The van der Waals surface area contributed by atoms with Crippen LogP contribution < -0.4 is 5.73 Å². The Bertz CT molecular complexity index is 387. The third-order valence-corrected chi connectivity index (χ3v) is 3.93. The Hall–Kier alpha value is -1.00. The van der Waals surface area contributed by atoms with Crippen LogP contribution in [-0.4, -0.2) is 29.6 Å². The first kappa shape index (κ1) is 15.1. The maximum atomic E-state index is 11.8. The molecule has 0 aliphatic carbocycles. The molecule has 2 N–H and O–H groups in total. The largest absolute Gasteiger partial charge is 0.343 e. The molecule has 1 rings (SSSR count). The standard InChI is InChI=1S/C14H22N2OS/c1-10(2)16(4)14(17)9-18-13-7-5-12(6-8-13)11(3)15/h5-8,10-11H,9,15H2,1-4H3. The van der Waals surface area contributed by atoms with Crippen molar-refractivity contribution in [3.05, 3.63) is 29.8 Å². The fraction of sp³-hybridized carbons (Fsp3) is 0.500. The van der Waals surface area contributed by atoms with E-state index < -0.39 is 0 Å². The topological polar surface area (TPSA) is 46.3 Å². The smallest absolute Gasteiger partial charge is 0.232 e. The molecule has 0 radical (unpaired) electrons. The van der Waals surface area contributed by atoms with Crippen LogP contribution in [0.2, 0.25) is 0 Å². The zero-order valence-electron chi connectivity index (χ0n) is 11.5. The second kappa shape index (κ2) is 6.81. The van der Waals surface area contributed by atoms with Crippen molar-refractivity contribution in [2.45, 2.75) is 37.8 Å². The van der Waals surface area contributed by atoms with E-state index in [4.69, 9.17) is 5.73 Å².